The highest BCUT2D eigenvalue weighted by molar-refractivity contribution is 6.42. The van der Waals surface area contributed by atoms with Crippen LogP contribution in [-0.2, 0) is 4.79 Å². The Morgan fingerprint density at radius 3 is 2.17 bits per heavy atom. The summed E-state index contributed by atoms with van der Waals surface area (Å²) in [6.07, 6.45) is 3.88. The highest BCUT2D eigenvalue weighted by Gasteiger charge is 2.29. The Hall–Kier alpha value is -2.04. The molecule has 0 atom stereocenters. The molecule has 0 saturated heterocycles. The normalized spacial score (nSPS) is 18.9. The van der Waals surface area contributed by atoms with Crippen LogP contribution in [0.5, 0.6) is 0 Å². The van der Waals surface area contributed by atoms with Crippen molar-refractivity contribution in [3.05, 3.63) is 63.6 Å². The first-order valence-electron chi connectivity index (χ1n) is 10.4. The lowest BCUT2D eigenvalue weighted by atomic mass is 9.78. The Bertz CT molecular complexity index is 904. The molecule has 4 nitrogen and oxygen atoms in total. The number of amides is 2. The first-order valence-corrected chi connectivity index (χ1v) is 11.1. The van der Waals surface area contributed by atoms with E-state index in [9.17, 15) is 9.59 Å². The molecule has 0 aliphatic heterocycles. The van der Waals surface area contributed by atoms with Gasteiger partial charge in [0.15, 0.2) is 0 Å². The number of hydrogen-bond donors (Lipinski definition) is 1. The third-order valence-electron chi connectivity index (χ3n) is 6.02. The lowest BCUT2D eigenvalue weighted by Gasteiger charge is -2.32. The molecule has 0 bridgehead atoms. The van der Waals surface area contributed by atoms with E-state index in [-0.39, 0.29) is 23.8 Å². The molecule has 1 saturated carbocycles. The van der Waals surface area contributed by atoms with Crippen molar-refractivity contribution in [2.75, 3.05) is 12.4 Å². The monoisotopic (exact) mass is 446 g/mol. The summed E-state index contributed by atoms with van der Waals surface area (Å²) in [7, 11) is 1.89. The summed E-state index contributed by atoms with van der Waals surface area (Å²) in [5.41, 5.74) is 2.45. The van der Waals surface area contributed by atoms with Gasteiger partial charge in [0.05, 0.1) is 10.0 Å². The van der Waals surface area contributed by atoms with Gasteiger partial charge in [-0.05, 0) is 81.3 Å². The predicted octanol–water partition coefficient (Wildman–Crippen LogP) is 6.39. The van der Waals surface area contributed by atoms with Gasteiger partial charge in [-0.15, -0.1) is 0 Å². The minimum absolute atomic E-state index is 0.137. The van der Waals surface area contributed by atoms with Gasteiger partial charge in [0.1, 0.15) is 0 Å². The van der Waals surface area contributed by atoms with Crippen molar-refractivity contribution < 1.29 is 9.59 Å². The molecule has 0 unspecified atom stereocenters. The van der Waals surface area contributed by atoms with E-state index in [1.165, 1.54) is 5.56 Å². The van der Waals surface area contributed by atoms with Crippen molar-refractivity contribution in [3.63, 3.8) is 0 Å². The Kier molecular flexibility index (Phi) is 7.43. The topological polar surface area (TPSA) is 49.4 Å². The third-order valence-corrected chi connectivity index (χ3v) is 6.76. The maximum absolute atomic E-state index is 12.6. The van der Waals surface area contributed by atoms with Crippen molar-refractivity contribution >= 4 is 40.7 Å². The van der Waals surface area contributed by atoms with Crippen LogP contribution in [0.15, 0.2) is 42.5 Å². The SMILES string of the molecule is CC(C)N(C)C(=O)C1CCC(c2ccc(NC(=O)c3ccc(Cl)c(Cl)c3)cc2)CC1. The van der Waals surface area contributed by atoms with Gasteiger partial charge in [-0.25, -0.2) is 0 Å². The predicted molar refractivity (Wildman–Crippen MR) is 123 cm³/mol. The van der Waals surface area contributed by atoms with E-state index >= 15 is 0 Å². The molecule has 1 fully saturated rings. The summed E-state index contributed by atoms with van der Waals surface area (Å²) in [5, 5.41) is 3.67. The molecule has 0 heterocycles. The van der Waals surface area contributed by atoms with Crippen LogP contribution in [0.25, 0.3) is 0 Å². The van der Waals surface area contributed by atoms with E-state index in [1.54, 1.807) is 18.2 Å². The summed E-state index contributed by atoms with van der Waals surface area (Å²) >= 11 is 11.9. The van der Waals surface area contributed by atoms with Gasteiger partial charge in [-0.2, -0.15) is 0 Å². The minimum atomic E-state index is -0.227. The highest BCUT2D eigenvalue weighted by atomic mass is 35.5. The summed E-state index contributed by atoms with van der Waals surface area (Å²) in [6, 6.07) is 13.0. The number of halogens is 2. The Morgan fingerprint density at radius 2 is 1.60 bits per heavy atom. The zero-order valence-electron chi connectivity index (χ0n) is 17.6. The van der Waals surface area contributed by atoms with E-state index in [0.717, 1.165) is 31.4 Å². The molecule has 2 aromatic carbocycles. The summed E-state index contributed by atoms with van der Waals surface area (Å²) in [6.45, 7) is 4.09. The van der Waals surface area contributed by atoms with E-state index in [1.807, 2.05) is 37.9 Å². The molecule has 1 N–H and O–H groups in total. The third kappa shape index (κ3) is 5.35. The molecule has 160 valence electrons. The largest absolute Gasteiger partial charge is 0.343 e. The van der Waals surface area contributed by atoms with E-state index in [2.05, 4.69) is 17.4 Å². The van der Waals surface area contributed by atoms with Gasteiger partial charge in [-0.3, -0.25) is 9.59 Å². The van der Waals surface area contributed by atoms with Crippen molar-refractivity contribution in [3.8, 4) is 0 Å². The smallest absolute Gasteiger partial charge is 0.255 e. The molecule has 0 radical (unpaired) electrons. The number of carbonyl (C=O) groups excluding carboxylic acids is 2. The van der Waals surface area contributed by atoms with Crippen molar-refractivity contribution in [2.45, 2.75) is 51.5 Å². The van der Waals surface area contributed by atoms with Gasteiger partial charge in [0.25, 0.3) is 5.91 Å². The lowest BCUT2D eigenvalue weighted by molar-refractivity contribution is -0.136. The number of rotatable bonds is 5. The highest BCUT2D eigenvalue weighted by Crippen LogP contribution is 2.37. The van der Waals surface area contributed by atoms with Crippen molar-refractivity contribution in [2.24, 2.45) is 5.92 Å². The molecule has 1 aliphatic carbocycles. The van der Waals surface area contributed by atoms with Crippen LogP contribution >= 0.6 is 23.2 Å². The molecular weight excluding hydrogens is 419 g/mol. The fourth-order valence-corrected chi connectivity index (χ4v) is 4.19. The molecule has 3 rings (SSSR count). The van der Waals surface area contributed by atoms with Crippen molar-refractivity contribution in [1.82, 2.24) is 4.90 Å². The number of nitrogens with one attached hydrogen (secondary N) is 1. The molecule has 2 amide bonds. The average molecular weight is 447 g/mol. The van der Waals surface area contributed by atoms with Gasteiger partial charge in [0, 0.05) is 30.3 Å². The maximum atomic E-state index is 12.6. The fourth-order valence-electron chi connectivity index (χ4n) is 3.90. The van der Waals surface area contributed by atoms with E-state index < -0.39 is 0 Å². The Balaban J connectivity index is 1.56. The zero-order chi connectivity index (χ0) is 21.8. The fraction of sp³-hybridized carbons (Fsp3) is 0.417. The van der Waals surface area contributed by atoms with Crippen LogP contribution in [0, 0.1) is 5.92 Å². The number of benzene rings is 2. The number of carbonyl (C=O) groups is 2. The molecule has 0 aromatic heterocycles. The zero-order valence-corrected chi connectivity index (χ0v) is 19.1. The van der Waals surface area contributed by atoms with Gasteiger partial charge < -0.3 is 10.2 Å². The van der Waals surface area contributed by atoms with Gasteiger partial charge in [-0.1, -0.05) is 35.3 Å². The number of anilines is 1. The first-order chi connectivity index (χ1) is 14.3. The second-order valence-corrected chi connectivity index (χ2v) is 9.11. The van der Waals surface area contributed by atoms with Crippen LogP contribution in [0.4, 0.5) is 5.69 Å². The molecule has 1 aliphatic rings. The second-order valence-electron chi connectivity index (χ2n) is 8.30. The van der Waals surface area contributed by atoms with Crippen LogP contribution < -0.4 is 5.32 Å². The van der Waals surface area contributed by atoms with Gasteiger partial charge in [0.2, 0.25) is 5.91 Å². The van der Waals surface area contributed by atoms with Crippen molar-refractivity contribution in [1.29, 1.82) is 0 Å². The summed E-state index contributed by atoms with van der Waals surface area (Å²) in [5.74, 6) is 0.634. The van der Waals surface area contributed by atoms with Crippen LogP contribution in [-0.4, -0.2) is 29.8 Å². The minimum Gasteiger partial charge on any atom is -0.343 e. The Labute approximate surface area is 188 Å². The van der Waals surface area contributed by atoms with Crippen LogP contribution in [0.2, 0.25) is 10.0 Å². The van der Waals surface area contributed by atoms with Crippen LogP contribution in [0.1, 0.15) is 61.4 Å². The summed E-state index contributed by atoms with van der Waals surface area (Å²) < 4.78 is 0. The standard InChI is InChI=1S/C24H28Cl2N2O2/c1-15(2)28(3)24(30)18-6-4-16(5-7-18)17-8-11-20(12-9-17)27-23(29)19-10-13-21(25)22(26)14-19/h8-16,18H,4-7H2,1-3H3,(H,27,29). The molecule has 0 spiro atoms. The second kappa shape index (κ2) is 9.84. The average Bonchev–Trinajstić information content (AvgIpc) is 2.75. The van der Waals surface area contributed by atoms with Gasteiger partial charge >= 0.3 is 0 Å². The summed E-state index contributed by atoms with van der Waals surface area (Å²) in [4.78, 5) is 26.8. The quantitative estimate of drug-likeness (QED) is 0.578. The maximum Gasteiger partial charge on any atom is 0.255 e. The van der Waals surface area contributed by atoms with Crippen LogP contribution in [0.3, 0.4) is 0 Å². The number of hydrogen-bond acceptors (Lipinski definition) is 2. The first kappa shape index (κ1) is 22.6. The van der Waals surface area contributed by atoms with E-state index in [0.29, 0.717) is 21.5 Å². The van der Waals surface area contributed by atoms with E-state index in [4.69, 9.17) is 23.2 Å². The molecule has 30 heavy (non-hydrogen) atoms. The molecule has 2 aromatic rings. The molecular formula is C24H28Cl2N2O2. The lowest BCUT2D eigenvalue weighted by Crippen LogP contribution is -2.38. The number of nitrogens with zero attached hydrogens (tertiary/aromatic N) is 1. The Morgan fingerprint density at radius 1 is 0.967 bits per heavy atom. The molecule has 6 heteroatoms.